The van der Waals surface area contributed by atoms with E-state index in [0.29, 0.717) is 5.75 Å². The van der Waals surface area contributed by atoms with Crippen LogP contribution in [-0.4, -0.2) is 5.11 Å². The number of aromatic hydroxyl groups is 1. The normalized spacial score (nSPS) is 12.3. The lowest BCUT2D eigenvalue weighted by Gasteiger charge is -2.08. The molecule has 1 nitrogen and oxygen atoms in total. The lowest BCUT2D eigenvalue weighted by atomic mass is 9.98. The van der Waals surface area contributed by atoms with Gasteiger partial charge in [-0.3, -0.25) is 0 Å². The van der Waals surface area contributed by atoms with Crippen LogP contribution in [0, 0.1) is 5.92 Å². The van der Waals surface area contributed by atoms with Crippen LogP contribution in [0.25, 0.3) is 11.1 Å². The first-order valence-corrected chi connectivity index (χ1v) is 8.07. The largest absolute Gasteiger partial charge is 0.508 e. The van der Waals surface area contributed by atoms with Crippen LogP contribution in [0.1, 0.15) is 45.1 Å². The molecule has 1 unspecified atom stereocenters. The quantitative estimate of drug-likeness (QED) is 0.634. The summed E-state index contributed by atoms with van der Waals surface area (Å²) >= 11 is 0. The van der Waals surface area contributed by atoms with Gasteiger partial charge in [0.15, 0.2) is 0 Å². The number of hydrogen-bond donors (Lipinski definition) is 1. The zero-order valence-electron chi connectivity index (χ0n) is 13.2. The molecule has 0 aliphatic heterocycles. The van der Waals surface area contributed by atoms with Crippen molar-refractivity contribution in [2.24, 2.45) is 5.92 Å². The predicted molar refractivity (Wildman–Crippen MR) is 90.6 cm³/mol. The summed E-state index contributed by atoms with van der Waals surface area (Å²) in [5.41, 5.74) is 3.77. The first-order chi connectivity index (χ1) is 10.2. The Kier molecular flexibility index (Phi) is 5.86. The molecule has 2 rings (SSSR count). The van der Waals surface area contributed by atoms with Gasteiger partial charge < -0.3 is 5.11 Å². The van der Waals surface area contributed by atoms with Crippen LogP contribution >= 0.6 is 0 Å². The highest BCUT2D eigenvalue weighted by Crippen LogP contribution is 2.22. The van der Waals surface area contributed by atoms with Gasteiger partial charge in [-0.2, -0.15) is 0 Å². The molecule has 0 saturated carbocycles. The number of aryl methyl sites for hydroxylation is 1. The zero-order chi connectivity index (χ0) is 15.1. The molecule has 0 bridgehead atoms. The molecule has 1 heteroatoms. The minimum Gasteiger partial charge on any atom is -0.508 e. The second kappa shape index (κ2) is 7.87. The average Bonchev–Trinajstić information content (AvgIpc) is 2.52. The van der Waals surface area contributed by atoms with E-state index in [9.17, 15) is 5.11 Å². The Morgan fingerprint density at radius 3 is 2.00 bits per heavy atom. The number of benzene rings is 2. The second-order valence-electron chi connectivity index (χ2n) is 6.00. The van der Waals surface area contributed by atoms with Gasteiger partial charge in [-0.05, 0) is 47.6 Å². The molecule has 1 atom stereocenters. The molecule has 0 aliphatic rings. The van der Waals surface area contributed by atoms with Crippen LogP contribution in [0.3, 0.4) is 0 Å². The van der Waals surface area contributed by atoms with Crippen LogP contribution in [0.15, 0.2) is 48.5 Å². The van der Waals surface area contributed by atoms with Crippen molar-refractivity contribution < 1.29 is 5.11 Å². The van der Waals surface area contributed by atoms with Crippen LogP contribution in [-0.2, 0) is 6.42 Å². The maximum atomic E-state index is 9.32. The van der Waals surface area contributed by atoms with E-state index < -0.39 is 0 Å². The highest BCUT2D eigenvalue weighted by Gasteiger charge is 2.01. The fourth-order valence-corrected chi connectivity index (χ4v) is 2.54. The molecule has 0 aliphatic carbocycles. The molecule has 2 aromatic rings. The first-order valence-electron chi connectivity index (χ1n) is 8.07. The van der Waals surface area contributed by atoms with Crippen molar-refractivity contribution >= 4 is 0 Å². The fraction of sp³-hybridized carbons (Fsp3) is 0.400. The molecule has 21 heavy (non-hydrogen) atoms. The van der Waals surface area contributed by atoms with E-state index in [1.807, 2.05) is 12.1 Å². The molecule has 0 saturated heterocycles. The SMILES string of the molecule is CCC(C)CCCCc1ccc(-c2ccc(O)cc2)cc1. The summed E-state index contributed by atoms with van der Waals surface area (Å²) in [4.78, 5) is 0. The van der Waals surface area contributed by atoms with Crippen LogP contribution in [0.5, 0.6) is 5.75 Å². The zero-order valence-corrected chi connectivity index (χ0v) is 13.2. The van der Waals surface area contributed by atoms with Gasteiger partial charge in [0, 0.05) is 0 Å². The molecular weight excluding hydrogens is 256 g/mol. The third kappa shape index (κ3) is 4.93. The first kappa shape index (κ1) is 15.6. The maximum absolute atomic E-state index is 9.32. The molecule has 0 heterocycles. The van der Waals surface area contributed by atoms with Crippen molar-refractivity contribution in [3.63, 3.8) is 0 Å². The second-order valence-corrected chi connectivity index (χ2v) is 6.00. The summed E-state index contributed by atoms with van der Waals surface area (Å²) in [6.07, 6.45) is 6.42. The summed E-state index contributed by atoms with van der Waals surface area (Å²) in [6, 6.07) is 16.2. The van der Waals surface area contributed by atoms with Crippen molar-refractivity contribution in [3.8, 4) is 16.9 Å². The van der Waals surface area contributed by atoms with Gasteiger partial charge in [0.25, 0.3) is 0 Å². The molecule has 112 valence electrons. The van der Waals surface area contributed by atoms with E-state index in [-0.39, 0.29) is 0 Å². The summed E-state index contributed by atoms with van der Waals surface area (Å²) in [7, 11) is 0. The standard InChI is InChI=1S/C20H26O/c1-3-16(2)6-4-5-7-17-8-10-18(11-9-17)19-12-14-20(21)15-13-19/h8-16,21H,3-7H2,1-2H3. The van der Waals surface area contributed by atoms with Crippen molar-refractivity contribution in [3.05, 3.63) is 54.1 Å². The number of rotatable bonds is 7. The van der Waals surface area contributed by atoms with Crippen LogP contribution < -0.4 is 0 Å². The van der Waals surface area contributed by atoms with E-state index >= 15 is 0 Å². The van der Waals surface area contributed by atoms with Crippen molar-refractivity contribution in [2.75, 3.05) is 0 Å². The van der Waals surface area contributed by atoms with Gasteiger partial charge >= 0.3 is 0 Å². The molecule has 2 aromatic carbocycles. The molecule has 0 fully saturated rings. The highest BCUT2D eigenvalue weighted by molar-refractivity contribution is 5.64. The monoisotopic (exact) mass is 282 g/mol. The third-order valence-electron chi connectivity index (χ3n) is 4.26. The third-order valence-corrected chi connectivity index (χ3v) is 4.26. The molecule has 0 amide bonds. The van der Waals surface area contributed by atoms with Crippen molar-refractivity contribution in [1.82, 2.24) is 0 Å². The Morgan fingerprint density at radius 2 is 1.43 bits per heavy atom. The maximum Gasteiger partial charge on any atom is 0.115 e. The van der Waals surface area contributed by atoms with E-state index in [2.05, 4.69) is 38.1 Å². The fourth-order valence-electron chi connectivity index (χ4n) is 2.54. The van der Waals surface area contributed by atoms with E-state index in [4.69, 9.17) is 0 Å². The Balaban J connectivity index is 1.86. The molecule has 0 spiro atoms. The van der Waals surface area contributed by atoms with Crippen LogP contribution in [0.2, 0.25) is 0 Å². The molecule has 1 N–H and O–H groups in total. The van der Waals surface area contributed by atoms with Crippen LogP contribution in [0.4, 0.5) is 0 Å². The van der Waals surface area contributed by atoms with E-state index in [1.54, 1.807) is 12.1 Å². The van der Waals surface area contributed by atoms with Gasteiger partial charge in [0.1, 0.15) is 5.75 Å². The topological polar surface area (TPSA) is 20.2 Å². The van der Waals surface area contributed by atoms with Gasteiger partial charge in [0.05, 0.1) is 0 Å². The minimum absolute atomic E-state index is 0.316. The molecule has 0 radical (unpaired) electrons. The van der Waals surface area contributed by atoms with Crippen molar-refractivity contribution in [1.29, 1.82) is 0 Å². The number of phenols is 1. The van der Waals surface area contributed by atoms with Gasteiger partial charge in [-0.1, -0.05) is 69.5 Å². The Bertz CT molecular complexity index is 525. The minimum atomic E-state index is 0.316. The molecule has 0 aromatic heterocycles. The Morgan fingerprint density at radius 1 is 0.857 bits per heavy atom. The lowest BCUT2D eigenvalue weighted by molar-refractivity contribution is 0.475. The van der Waals surface area contributed by atoms with E-state index in [1.165, 1.54) is 43.2 Å². The Hall–Kier alpha value is -1.76. The number of unbranched alkanes of at least 4 members (excludes halogenated alkanes) is 1. The van der Waals surface area contributed by atoms with Crippen molar-refractivity contribution in [2.45, 2.75) is 46.0 Å². The number of hydrogen-bond acceptors (Lipinski definition) is 1. The van der Waals surface area contributed by atoms with Gasteiger partial charge in [-0.25, -0.2) is 0 Å². The lowest BCUT2D eigenvalue weighted by Crippen LogP contribution is -1.93. The summed E-state index contributed by atoms with van der Waals surface area (Å²) in [6.45, 7) is 4.61. The van der Waals surface area contributed by atoms with Gasteiger partial charge in [0.2, 0.25) is 0 Å². The average molecular weight is 282 g/mol. The summed E-state index contributed by atoms with van der Waals surface area (Å²) in [5.74, 6) is 1.18. The predicted octanol–water partition coefficient (Wildman–Crippen LogP) is 5.82. The number of phenolic OH excluding ortho intramolecular Hbond substituents is 1. The van der Waals surface area contributed by atoms with Gasteiger partial charge in [-0.15, -0.1) is 0 Å². The highest BCUT2D eigenvalue weighted by atomic mass is 16.3. The Labute approximate surface area is 128 Å². The summed E-state index contributed by atoms with van der Waals surface area (Å²) < 4.78 is 0. The summed E-state index contributed by atoms with van der Waals surface area (Å²) in [5, 5.41) is 9.32. The molecular formula is C20H26O. The smallest absolute Gasteiger partial charge is 0.115 e. The van der Waals surface area contributed by atoms with E-state index in [0.717, 1.165) is 11.5 Å².